The number of rotatable bonds is 32. The summed E-state index contributed by atoms with van der Waals surface area (Å²) in [6, 6.07) is 18.0. The van der Waals surface area contributed by atoms with Crippen molar-refractivity contribution < 1.29 is 65.5 Å². The van der Waals surface area contributed by atoms with Gasteiger partial charge in [0, 0.05) is 31.5 Å². The van der Waals surface area contributed by atoms with Gasteiger partial charge in [-0.3, -0.25) is 19.2 Å². The monoisotopic (exact) mass is 1140 g/mol. The Kier molecular flexibility index (Phi) is 25.0. The Bertz CT molecular complexity index is 2650. The summed E-state index contributed by atoms with van der Waals surface area (Å²) in [6.07, 6.45) is -3.55. The number of benzene rings is 3. The maximum Gasteiger partial charge on any atom is 0.417 e. The normalized spacial score (nSPS) is 14.1. The van der Waals surface area contributed by atoms with Gasteiger partial charge >= 0.3 is 6.18 Å². The van der Waals surface area contributed by atoms with Gasteiger partial charge in [-0.05, 0) is 92.6 Å². The number of nitrogens with zero attached hydrogens (tertiary/aromatic N) is 5. The van der Waals surface area contributed by atoms with Gasteiger partial charge in [-0.25, -0.2) is 4.98 Å². The van der Waals surface area contributed by atoms with Crippen LogP contribution in [0.5, 0.6) is 5.75 Å². The van der Waals surface area contributed by atoms with E-state index in [-0.39, 0.29) is 43.9 Å². The number of halogens is 3. The largest absolute Gasteiger partial charge is 0.491 e. The maximum atomic E-state index is 13.9. The molecule has 430 valence electrons. The molecule has 0 radical (unpaired) electrons. The molecule has 18 nitrogen and oxygen atoms in total. The van der Waals surface area contributed by atoms with Crippen molar-refractivity contribution in [3.63, 3.8) is 0 Å². The first-order chi connectivity index (χ1) is 37.7. The predicted octanol–water partition coefficient (Wildman–Crippen LogP) is 7.53. The summed E-state index contributed by atoms with van der Waals surface area (Å²) >= 11 is 6.83. The highest BCUT2D eigenvalue weighted by Gasteiger charge is 2.42. The van der Waals surface area contributed by atoms with Crippen LogP contribution in [0.25, 0.3) is 10.4 Å². The maximum absolute atomic E-state index is 13.9. The molecule has 2 N–H and O–H groups in total. The van der Waals surface area contributed by atoms with Gasteiger partial charge in [0.15, 0.2) is 0 Å². The molecule has 0 saturated carbocycles. The summed E-state index contributed by atoms with van der Waals surface area (Å²) in [4.78, 5) is 63.5. The second-order valence-corrected chi connectivity index (χ2v) is 21.0. The molecule has 1 aliphatic rings. The van der Waals surface area contributed by atoms with Gasteiger partial charge < -0.3 is 58.5 Å². The number of alkyl halides is 3. The number of carbonyl (C=O) groups excluding carboxylic acids is 4. The lowest BCUT2D eigenvalue weighted by Crippen LogP contribution is -2.58. The van der Waals surface area contributed by atoms with Crippen LogP contribution in [0.4, 0.5) is 24.5 Å². The Labute approximate surface area is 469 Å². The van der Waals surface area contributed by atoms with E-state index in [0.717, 1.165) is 38.7 Å². The van der Waals surface area contributed by atoms with Crippen molar-refractivity contribution in [1.29, 1.82) is 5.26 Å². The summed E-state index contributed by atoms with van der Waals surface area (Å²) in [5.41, 5.74) is 3.03. The van der Waals surface area contributed by atoms with E-state index < -0.39 is 52.2 Å². The van der Waals surface area contributed by atoms with Crippen molar-refractivity contribution >= 4 is 64.0 Å². The minimum atomic E-state index is -4.77. The second-order valence-electron chi connectivity index (χ2n) is 19.9. The number of amides is 4. The number of nitrogens with one attached hydrogen (secondary N) is 2. The molecule has 1 saturated heterocycles. The molecule has 4 amide bonds. The van der Waals surface area contributed by atoms with Crippen LogP contribution in [0, 0.1) is 23.7 Å². The van der Waals surface area contributed by atoms with Crippen LogP contribution < -0.4 is 25.2 Å². The van der Waals surface area contributed by atoms with Crippen LogP contribution in [0.1, 0.15) is 69.8 Å². The number of ether oxygens (including phenoxy) is 7. The van der Waals surface area contributed by atoms with E-state index in [1.54, 1.807) is 60.4 Å². The fourth-order valence-electron chi connectivity index (χ4n) is 8.38. The molecule has 2 atom stereocenters. The summed E-state index contributed by atoms with van der Waals surface area (Å²) in [7, 11) is 1.36. The Hall–Kier alpha value is -6.10. The van der Waals surface area contributed by atoms with Crippen LogP contribution in [-0.4, -0.2) is 156 Å². The van der Waals surface area contributed by atoms with Crippen molar-refractivity contribution in [2.45, 2.75) is 84.7 Å². The predicted molar refractivity (Wildman–Crippen MR) is 297 cm³/mol. The molecular weight excluding hydrogens is 1070 g/mol. The van der Waals surface area contributed by atoms with Crippen LogP contribution in [0.2, 0.25) is 0 Å². The zero-order chi connectivity index (χ0) is 57.6. The molecule has 4 aromatic rings. The van der Waals surface area contributed by atoms with E-state index in [9.17, 15) is 32.3 Å². The van der Waals surface area contributed by atoms with E-state index in [0.29, 0.717) is 96.8 Å². The van der Waals surface area contributed by atoms with Crippen molar-refractivity contribution in [1.82, 2.24) is 20.5 Å². The quantitative estimate of drug-likeness (QED) is 0.0359. The number of thiocarbonyl (C=S) groups is 1. The number of aromatic nitrogens is 1. The van der Waals surface area contributed by atoms with Crippen LogP contribution in [0.15, 0.2) is 72.2 Å². The average Bonchev–Trinajstić information content (AvgIpc) is 4.14. The molecule has 1 fully saturated rings. The first-order valence-corrected chi connectivity index (χ1v) is 27.2. The van der Waals surface area contributed by atoms with Crippen molar-refractivity contribution in [3.05, 3.63) is 94.6 Å². The molecule has 1 aliphatic heterocycles. The van der Waals surface area contributed by atoms with Crippen LogP contribution in [0.3, 0.4) is 0 Å². The number of anilines is 2. The fourth-order valence-corrected chi connectivity index (χ4v) is 9.58. The lowest BCUT2D eigenvalue weighted by Gasteiger charge is -2.38. The number of thiazole rings is 1. The Balaban J connectivity index is 0.845. The lowest BCUT2D eigenvalue weighted by molar-refractivity contribution is -0.144. The van der Waals surface area contributed by atoms with Gasteiger partial charge in [0.2, 0.25) is 17.7 Å². The van der Waals surface area contributed by atoms with Gasteiger partial charge in [0.05, 0.1) is 111 Å². The first-order valence-electron chi connectivity index (χ1n) is 25.9. The third-order valence-corrected chi connectivity index (χ3v) is 13.9. The number of aryl methyl sites for hydroxylation is 1. The molecule has 23 heteroatoms. The van der Waals surface area contributed by atoms with Gasteiger partial charge in [-0.2, -0.15) is 18.4 Å². The Morgan fingerprint density at radius 3 is 1.90 bits per heavy atom. The number of likely N-dealkylation sites (tertiary alicyclic amines) is 1. The smallest absolute Gasteiger partial charge is 0.417 e. The molecule has 79 heavy (non-hydrogen) atoms. The van der Waals surface area contributed by atoms with Crippen LogP contribution in [-0.2, 0) is 60.3 Å². The summed E-state index contributed by atoms with van der Waals surface area (Å²) < 4.78 is 79.9. The lowest BCUT2D eigenvalue weighted by atomic mass is 9.85. The van der Waals surface area contributed by atoms with Crippen molar-refractivity contribution in [2.24, 2.45) is 5.41 Å². The molecule has 3 aromatic carbocycles. The molecule has 1 unspecified atom stereocenters. The summed E-state index contributed by atoms with van der Waals surface area (Å²) in [5.74, 6) is -0.963. The van der Waals surface area contributed by atoms with Gasteiger partial charge in [-0.15, -0.1) is 11.3 Å². The SMILES string of the molecule is Cc1ncsc1-c1ccc(CNC(=O)[C@@H]2CCCN2C(=O)C(NC(=O)COCCOCCOCCOCCOCCOCCOc2ccc(N(C=S)C(C)(C)C(=O)N(C)c3ccc(C#N)c(C(F)(F)F)c3)cc2)C(C)(C)C)cc1. The second kappa shape index (κ2) is 31.0. The third kappa shape index (κ3) is 19.3. The van der Waals surface area contributed by atoms with Gasteiger partial charge in [0.25, 0.3) is 5.91 Å². The molecule has 1 aromatic heterocycles. The summed E-state index contributed by atoms with van der Waals surface area (Å²) in [5, 5.41) is 15.0. The van der Waals surface area contributed by atoms with Crippen LogP contribution >= 0.6 is 23.6 Å². The Morgan fingerprint density at radius 2 is 1.38 bits per heavy atom. The van der Waals surface area contributed by atoms with Gasteiger partial charge in [0.1, 0.15) is 36.6 Å². The highest BCUT2D eigenvalue weighted by Crippen LogP contribution is 2.36. The molecule has 0 aliphatic carbocycles. The zero-order valence-electron chi connectivity index (χ0n) is 45.9. The van der Waals surface area contributed by atoms with Crippen molar-refractivity contribution in [2.75, 3.05) is 109 Å². The first kappa shape index (κ1) is 63.7. The minimum Gasteiger partial charge on any atom is -0.491 e. The third-order valence-electron chi connectivity index (χ3n) is 12.7. The number of carbonyl (C=O) groups is 4. The minimum absolute atomic E-state index is 0.0267. The zero-order valence-corrected chi connectivity index (χ0v) is 47.5. The highest BCUT2D eigenvalue weighted by molar-refractivity contribution is 7.79. The molecule has 0 spiro atoms. The molecule has 5 rings (SSSR count). The van der Waals surface area contributed by atoms with E-state index in [1.165, 1.54) is 23.5 Å². The number of hydrogen-bond acceptors (Lipinski definition) is 15. The molecular formula is C56H72F3N7O11S2. The molecule has 0 bridgehead atoms. The van der Waals surface area contributed by atoms with E-state index in [2.05, 4.69) is 15.6 Å². The van der Waals surface area contributed by atoms with E-state index in [1.807, 2.05) is 57.5 Å². The van der Waals surface area contributed by atoms with E-state index in [4.69, 9.17) is 50.6 Å². The standard InChI is InChI=1S/C56H72F3N7O11S2/c1-39-49(79-37-62-39)41-12-10-40(11-13-41)35-61-51(68)47-9-8-20-65(47)52(69)50(54(2,3)4)63-48(67)36-76-30-29-74-26-25-72-22-21-71-23-24-73-27-28-75-31-32-77-45-18-16-43(17-19-45)66(38-78)55(5,6)53(70)64(7)44-15-14-42(34-60)46(33-44)56(57,58)59/h10-19,33,37-38,47,50H,8-9,20-32,35-36H2,1-7H3,(H,61,68)(H,63,67)/t47-,50?/m0/s1. The fraction of sp³-hybridized carbons (Fsp3) is 0.518. The number of likely N-dealkylation sites (N-methyl/N-ethyl adjacent to an activating group) is 1. The highest BCUT2D eigenvalue weighted by atomic mass is 32.1. The molecule has 2 heterocycles. The number of hydrogen-bond donors (Lipinski definition) is 2. The summed E-state index contributed by atoms with van der Waals surface area (Å²) in [6.45, 7) is 15.1. The number of nitriles is 1. The topological polar surface area (TPSA) is 203 Å². The van der Waals surface area contributed by atoms with Crippen molar-refractivity contribution in [3.8, 4) is 22.3 Å². The van der Waals surface area contributed by atoms with Gasteiger partial charge in [-0.1, -0.05) is 57.3 Å². The van der Waals surface area contributed by atoms with E-state index >= 15 is 0 Å². The average molecular weight is 1140 g/mol. The Morgan fingerprint density at radius 1 is 0.823 bits per heavy atom.